The van der Waals surface area contributed by atoms with Gasteiger partial charge in [0.15, 0.2) is 0 Å². The number of carbonyl (C=O) groups is 1. The van der Waals surface area contributed by atoms with Crippen molar-refractivity contribution in [2.75, 3.05) is 7.11 Å². The Bertz CT molecular complexity index is 446. The lowest BCUT2D eigenvalue weighted by Crippen LogP contribution is -2.41. The Morgan fingerprint density at radius 2 is 2.15 bits per heavy atom. The monoisotopic (exact) mass is 278 g/mol. The van der Waals surface area contributed by atoms with Gasteiger partial charge in [0.1, 0.15) is 5.75 Å². The summed E-state index contributed by atoms with van der Waals surface area (Å²) in [5.41, 5.74) is 8.00. The molecule has 0 saturated carbocycles. The van der Waals surface area contributed by atoms with Crippen LogP contribution in [0.15, 0.2) is 18.2 Å². The second kappa shape index (κ2) is 7.90. The van der Waals surface area contributed by atoms with Gasteiger partial charge in [-0.05, 0) is 26.3 Å². The first kappa shape index (κ1) is 16.5. The highest BCUT2D eigenvalue weighted by Crippen LogP contribution is 2.26. The molecular weight excluding hydrogens is 252 g/mol. The average molecular weight is 278 g/mol. The van der Waals surface area contributed by atoms with E-state index in [4.69, 9.17) is 10.5 Å². The summed E-state index contributed by atoms with van der Waals surface area (Å²) in [6.45, 7) is 6.05. The molecule has 0 spiro atoms. The lowest BCUT2D eigenvalue weighted by atomic mass is 10.0. The predicted octanol–water partition coefficient (Wildman–Crippen LogP) is 2.70. The minimum Gasteiger partial charge on any atom is -0.496 e. The number of nitrogens with one attached hydrogen (secondary N) is 1. The Balaban J connectivity index is 2.73. The van der Waals surface area contributed by atoms with Gasteiger partial charge in [-0.15, -0.1) is 0 Å². The molecule has 4 heteroatoms. The summed E-state index contributed by atoms with van der Waals surface area (Å²) in [5.74, 6) is 0.681. The van der Waals surface area contributed by atoms with Crippen LogP contribution in [0.25, 0.3) is 0 Å². The van der Waals surface area contributed by atoms with Crippen LogP contribution in [0.4, 0.5) is 0 Å². The lowest BCUT2D eigenvalue weighted by molar-refractivity contribution is -0.123. The van der Waals surface area contributed by atoms with E-state index in [1.807, 2.05) is 32.0 Å². The molecule has 0 aliphatic heterocycles. The number of carbonyl (C=O) groups excluding carboxylic acids is 1. The number of hydrogen-bond donors (Lipinski definition) is 2. The van der Waals surface area contributed by atoms with Crippen molar-refractivity contribution in [2.24, 2.45) is 5.73 Å². The molecule has 0 aliphatic rings. The van der Waals surface area contributed by atoms with Gasteiger partial charge in [-0.1, -0.05) is 37.5 Å². The average Bonchev–Trinajstić information content (AvgIpc) is 2.44. The van der Waals surface area contributed by atoms with E-state index in [1.165, 1.54) is 0 Å². The van der Waals surface area contributed by atoms with Crippen molar-refractivity contribution < 1.29 is 9.53 Å². The summed E-state index contributed by atoms with van der Waals surface area (Å²) >= 11 is 0. The third kappa shape index (κ3) is 4.53. The van der Waals surface area contributed by atoms with Crippen molar-refractivity contribution in [1.82, 2.24) is 5.32 Å². The van der Waals surface area contributed by atoms with Gasteiger partial charge in [-0.2, -0.15) is 0 Å². The van der Waals surface area contributed by atoms with Gasteiger partial charge in [-0.25, -0.2) is 0 Å². The molecule has 1 amide bonds. The smallest absolute Gasteiger partial charge is 0.237 e. The number of rotatable bonds is 7. The lowest BCUT2D eigenvalue weighted by Gasteiger charge is -2.20. The number of amides is 1. The van der Waals surface area contributed by atoms with Gasteiger partial charge >= 0.3 is 0 Å². The first-order valence-corrected chi connectivity index (χ1v) is 7.20. The van der Waals surface area contributed by atoms with E-state index in [9.17, 15) is 4.79 Å². The van der Waals surface area contributed by atoms with E-state index in [1.54, 1.807) is 7.11 Å². The summed E-state index contributed by atoms with van der Waals surface area (Å²) in [6.07, 6.45) is 2.74. The molecular formula is C16H26N2O2. The molecule has 1 unspecified atom stereocenters. The summed E-state index contributed by atoms with van der Waals surface area (Å²) in [4.78, 5) is 12.0. The minimum absolute atomic E-state index is 0.102. The van der Waals surface area contributed by atoms with Crippen LogP contribution in [0.1, 0.15) is 50.3 Å². The topological polar surface area (TPSA) is 64.4 Å². The van der Waals surface area contributed by atoms with E-state index in [0.29, 0.717) is 0 Å². The number of methoxy groups -OCH3 is 1. The standard InChI is InChI=1S/C16H26N2O2/c1-5-6-7-14(17)16(19)18-12(3)13-10-11(2)8-9-15(13)20-4/h8-10,12,14H,5-7,17H2,1-4H3,(H,18,19)/t12?,14-/m0/s1. The molecule has 0 fully saturated rings. The first-order valence-electron chi connectivity index (χ1n) is 7.20. The molecule has 1 rings (SSSR count). The van der Waals surface area contributed by atoms with Crippen molar-refractivity contribution in [1.29, 1.82) is 0 Å². The Kier molecular flexibility index (Phi) is 6.52. The van der Waals surface area contributed by atoms with Crippen LogP contribution in [-0.4, -0.2) is 19.1 Å². The zero-order valence-electron chi connectivity index (χ0n) is 12.9. The van der Waals surface area contributed by atoms with E-state index >= 15 is 0 Å². The zero-order chi connectivity index (χ0) is 15.1. The maximum atomic E-state index is 12.0. The van der Waals surface area contributed by atoms with Gasteiger partial charge < -0.3 is 15.8 Å². The fourth-order valence-electron chi connectivity index (χ4n) is 2.15. The van der Waals surface area contributed by atoms with E-state index < -0.39 is 6.04 Å². The minimum atomic E-state index is -0.437. The Morgan fingerprint density at radius 1 is 1.45 bits per heavy atom. The maximum absolute atomic E-state index is 12.0. The predicted molar refractivity (Wildman–Crippen MR) is 81.8 cm³/mol. The zero-order valence-corrected chi connectivity index (χ0v) is 12.9. The molecule has 2 atom stereocenters. The van der Waals surface area contributed by atoms with Crippen LogP contribution in [0.5, 0.6) is 5.75 Å². The van der Waals surface area contributed by atoms with Gasteiger partial charge in [-0.3, -0.25) is 4.79 Å². The van der Waals surface area contributed by atoms with Crippen molar-refractivity contribution >= 4 is 5.91 Å². The van der Waals surface area contributed by atoms with E-state index in [0.717, 1.165) is 36.1 Å². The normalized spacial score (nSPS) is 13.7. The fraction of sp³-hybridized carbons (Fsp3) is 0.562. The van der Waals surface area contributed by atoms with Crippen LogP contribution < -0.4 is 15.8 Å². The van der Waals surface area contributed by atoms with Crippen LogP contribution in [0.3, 0.4) is 0 Å². The number of ether oxygens (including phenoxy) is 1. The number of aryl methyl sites for hydroxylation is 1. The Labute approximate surface area is 121 Å². The van der Waals surface area contributed by atoms with Gasteiger partial charge in [0.05, 0.1) is 19.2 Å². The third-order valence-corrected chi connectivity index (χ3v) is 3.42. The SMILES string of the molecule is CCCC[C@H](N)C(=O)NC(C)c1cc(C)ccc1OC. The summed E-state index contributed by atoms with van der Waals surface area (Å²) < 4.78 is 5.35. The summed E-state index contributed by atoms with van der Waals surface area (Å²) in [7, 11) is 1.63. The van der Waals surface area contributed by atoms with E-state index in [2.05, 4.69) is 12.2 Å². The summed E-state index contributed by atoms with van der Waals surface area (Å²) in [6, 6.07) is 5.38. The molecule has 0 bridgehead atoms. The van der Waals surface area contributed by atoms with Crippen molar-refractivity contribution in [3.8, 4) is 5.75 Å². The van der Waals surface area contributed by atoms with Gasteiger partial charge in [0.2, 0.25) is 5.91 Å². The third-order valence-electron chi connectivity index (χ3n) is 3.42. The van der Waals surface area contributed by atoms with Crippen molar-refractivity contribution in [3.63, 3.8) is 0 Å². The highest BCUT2D eigenvalue weighted by molar-refractivity contribution is 5.81. The second-order valence-electron chi connectivity index (χ2n) is 5.22. The van der Waals surface area contributed by atoms with Crippen LogP contribution in [0, 0.1) is 6.92 Å². The van der Waals surface area contributed by atoms with Crippen LogP contribution in [0.2, 0.25) is 0 Å². The molecule has 0 heterocycles. The largest absolute Gasteiger partial charge is 0.496 e. The number of nitrogens with two attached hydrogens (primary N) is 1. The first-order chi connectivity index (χ1) is 9.49. The van der Waals surface area contributed by atoms with Crippen LogP contribution >= 0.6 is 0 Å². The molecule has 4 nitrogen and oxygen atoms in total. The van der Waals surface area contributed by atoms with Crippen molar-refractivity contribution in [2.45, 2.75) is 52.1 Å². The number of unbranched alkanes of at least 4 members (excludes halogenated alkanes) is 1. The van der Waals surface area contributed by atoms with Gasteiger partial charge in [0.25, 0.3) is 0 Å². The fourth-order valence-corrected chi connectivity index (χ4v) is 2.15. The Hall–Kier alpha value is -1.55. The highest BCUT2D eigenvalue weighted by Gasteiger charge is 2.18. The van der Waals surface area contributed by atoms with Crippen LogP contribution in [-0.2, 0) is 4.79 Å². The second-order valence-corrected chi connectivity index (χ2v) is 5.22. The Morgan fingerprint density at radius 3 is 2.75 bits per heavy atom. The molecule has 0 aliphatic carbocycles. The number of hydrogen-bond acceptors (Lipinski definition) is 3. The number of benzene rings is 1. The van der Waals surface area contributed by atoms with Crippen molar-refractivity contribution in [3.05, 3.63) is 29.3 Å². The quantitative estimate of drug-likeness (QED) is 0.806. The molecule has 1 aromatic carbocycles. The molecule has 1 aromatic rings. The van der Waals surface area contributed by atoms with E-state index in [-0.39, 0.29) is 11.9 Å². The molecule has 3 N–H and O–H groups in total. The van der Waals surface area contributed by atoms with Gasteiger partial charge in [0, 0.05) is 5.56 Å². The molecule has 112 valence electrons. The molecule has 0 aromatic heterocycles. The molecule has 0 saturated heterocycles. The maximum Gasteiger partial charge on any atom is 0.237 e. The molecule has 20 heavy (non-hydrogen) atoms. The summed E-state index contributed by atoms with van der Waals surface area (Å²) in [5, 5.41) is 2.96. The highest BCUT2D eigenvalue weighted by atomic mass is 16.5. The molecule has 0 radical (unpaired) electrons.